The Morgan fingerprint density at radius 1 is 1.40 bits per heavy atom. The first kappa shape index (κ1) is 25.0. The van der Waals surface area contributed by atoms with E-state index in [0.717, 1.165) is 12.8 Å². The predicted molar refractivity (Wildman–Crippen MR) is 130 cm³/mol. The number of ether oxygens (including phenoxy) is 1. The van der Waals surface area contributed by atoms with Gasteiger partial charge in [-0.05, 0) is 37.7 Å². The van der Waals surface area contributed by atoms with Gasteiger partial charge in [-0.2, -0.15) is 5.26 Å². The summed E-state index contributed by atoms with van der Waals surface area (Å²) in [6.45, 7) is 2.67. The molecular weight excluding hydrogens is 448 g/mol. The van der Waals surface area contributed by atoms with Gasteiger partial charge in [0.1, 0.15) is 11.7 Å². The Morgan fingerprint density at radius 2 is 2.20 bits per heavy atom. The molecule has 1 amide bonds. The molecule has 1 aliphatic carbocycles. The molecule has 0 aromatic carbocycles. The number of aliphatic hydroxyl groups is 2. The largest absolute Gasteiger partial charge is 0.396 e. The zero-order valence-electron chi connectivity index (χ0n) is 19.9. The van der Waals surface area contributed by atoms with Crippen LogP contribution in [0.3, 0.4) is 0 Å². The minimum Gasteiger partial charge on any atom is -0.396 e. The van der Waals surface area contributed by atoms with Crippen LogP contribution in [0.5, 0.6) is 0 Å². The van der Waals surface area contributed by atoms with Crippen molar-refractivity contribution in [1.29, 1.82) is 5.26 Å². The fraction of sp³-hybridized carbons (Fsp3) is 0.520. The summed E-state index contributed by atoms with van der Waals surface area (Å²) in [4.78, 5) is 24.1. The van der Waals surface area contributed by atoms with Gasteiger partial charge in [0.05, 0.1) is 12.0 Å². The van der Waals surface area contributed by atoms with Crippen LogP contribution < -0.4 is 5.32 Å². The van der Waals surface area contributed by atoms with Gasteiger partial charge in [-0.25, -0.2) is 9.97 Å². The molecule has 2 unspecified atom stereocenters. The summed E-state index contributed by atoms with van der Waals surface area (Å²) in [5.41, 5.74) is 2.34. The van der Waals surface area contributed by atoms with Gasteiger partial charge in [0, 0.05) is 57.3 Å². The number of imidazole rings is 1. The summed E-state index contributed by atoms with van der Waals surface area (Å²) >= 11 is 0. The van der Waals surface area contributed by atoms with Crippen LogP contribution in [0.4, 0.5) is 5.95 Å². The lowest BCUT2D eigenvalue weighted by Gasteiger charge is -2.34. The van der Waals surface area contributed by atoms with E-state index < -0.39 is 6.23 Å². The van der Waals surface area contributed by atoms with Gasteiger partial charge in [-0.3, -0.25) is 19.6 Å². The number of hydrogen-bond donors (Lipinski definition) is 3. The number of likely N-dealkylation sites (tertiary alicyclic amines) is 1. The molecule has 2 aromatic heterocycles. The third-order valence-electron chi connectivity index (χ3n) is 6.65. The van der Waals surface area contributed by atoms with Crippen molar-refractivity contribution in [2.75, 3.05) is 38.7 Å². The molecule has 0 bridgehead atoms. The number of hydrogen-bond acceptors (Lipinski definition) is 8. The lowest BCUT2D eigenvalue weighted by Crippen LogP contribution is -2.37. The Morgan fingerprint density at radius 3 is 2.91 bits per heavy atom. The van der Waals surface area contributed by atoms with Crippen molar-refractivity contribution >= 4 is 23.0 Å². The number of methoxy groups -OCH3 is 1. The van der Waals surface area contributed by atoms with Gasteiger partial charge in [0.15, 0.2) is 5.65 Å². The molecule has 2 aromatic rings. The first-order valence-corrected chi connectivity index (χ1v) is 12.0. The maximum Gasteiger partial charge on any atom is 0.253 e. The van der Waals surface area contributed by atoms with Gasteiger partial charge >= 0.3 is 0 Å². The van der Waals surface area contributed by atoms with Crippen molar-refractivity contribution < 1.29 is 19.7 Å². The molecule has 186 valence electrons. The summed E-state index contributed by atoms with van der Waals surface area (Å²) in [6.07, 6.45) is 8.79. The van der Waals surface area contributed by atoms with Gasteiger partial charge in [-0.1, -0.05) is 18.2 Å². The fourth-order valence-electron chi connectivity index (χ4n) is 4.55. The molecule has 1 fully saturated rings. The lowest BCUT2D eigenvalue weighted by molar-refractivity contribution is -0.113. The SMILES string of the molecule is COCCCn1c(NC(=O)C2=CC=CC(C#N)C2)nc2cc(C(O)N3CCC(CO)CC3)cnc21. The highest BCUT2D eigenvalue weighted by Crippen LogP contribution is 2.28. The maximum absolute atomic E-state index is 12.9. The normalized spacial score (nSPS) is 19.9. The average molecular weight is 481 g/mol. The van der Waals surface area contributed by atoms with E-state index in [1.54, 1.807) is 31.5 Å². The van der Waals surface area contributed by atoms with E-state index >= 15 is 0 Å². The summed E-state index contributed by atoms with van der Waals surface area (Å²) in [5.74, 6) is 0.0264. The molecule has 0 saturated carbocycles. The van der Waals surface area contributed by atoms with Gasteiger partial charge in [-0.15, -0.1) is 0 Å². The molecule has 35 heavy (non-hydrogen) atoms. The van der Waals surface area contributed by atoms with Crippen molar-refractivity contribution in [1.82, 2.24) is 19.4 Å². The average Bonchev–Trinajstić information content (AvgIpc) is 3.24. The van der Waals surface area contributed by atoms with Crippen LogP contribution in [-0.4, -0.2) is 69.0 Å². The van der Waals surface area contributed by atoms with Crippen LogP contribution in [-0.2, 0) is 16.1 Å². The number of allylic oxidation sites excluding steroid dienone is 3. The molecule has 10 heteroatoms. The van der Waals surface area contributed by atoms with E-state index in [0.29, 0.717) is 67.3 Å². The van der Waals surface area contributed by atoms with Gasteiger partial charge in [0.25, 0.3) is 5.91 Å². The van der Waals surface area contributed by atoms with Crippen LogP contribution in [0.15, 0.2) is 36.1 Å². The van der Waals surface area contributed by atoms with Gasteiger partial charge < -0.3 is 14.9 Å². The molecule has 2 atom stereocenters. The zero-order chi connectivity index (χ0) is 24.8. The highest BCUT2D eigenvalue weighted by atomic mass is 16.5. The number of aryl methyl sites for hydroxylation is 1. The number of nitrogens with one attached hydrogen (secondary N) is 1. The number of rotatable bonds is 9. The quantitative estimate of drug-likeness (QED) is 0.464. The molecule has 4 rings (SSSR count). The summed E-state index contributed by atoms with van der Waals surface area (Å²) in [7, 11) is 1.64. The minimum atomic E-state index is -0.815. The molecule has 2 aliphatic rings. The number of fused-ring (bicyclic) bond motifs is 1. The van der Waals surface area contributed by atoms with E-state index in [4.69, 9.17) is 4.74 Å². The molecule has 1 saturated heterocycles. The van der Waals surface area contributed by atoms with Crippen LogP contribution in [0.2, 0.25) is 0 Å². The number of aromatic nitrogens is 3. The monoisotopic (exact) mass is 480 g/mol. The van der Waals surface area contributed by atoms with E-state index in [1.807, 2.05) is 15.5 Å². The second-order valence-electron chi connectivity index (χ2n) is 9.05. The minimum absolute atomic E-state index is 0.177. The number of aliphatic hydroxyl groups excluding tert-OH is 2. The smallest absolute Gasteiger partial charge is 0.253 e. The maximum atomic E-state index is 12.9. The molecule has 0 spiro atoms. The number of nitriles is 1. The van der Waals surface area contributed by atoms with Crippen molar-refractivity contribution in [3.63, 3.8) is 0 Å². The Labute approximate surface area is 204 Å². The van der Waals surface area contributed by atoms with Crippen LogP contribution in [0.25, 0.3) is 11.2 Å². The third kappa shape index (κ3) is 5.77. The lowest BCUT2D eigenvalue weighted by atomic mass is 9.95. The van der Waals surface area contributed by atoms with Crippen molar-refractivity contribution in [2.45, 2.75) is 38.5 Å². The van der Waals surface area contributed by atoms with Crippen LogP contribution >= 0.6 is 0 Å². The second kappa shape index (κ2) is 11.6. The van der Waals surface area contributed by atoms with Crippen LogP contribution in [0, 0.1) is 23.2 Å². The van der Waals surface area contributed by atoms with E-state index in [2.05, 4.69) is 21.4 Å². The first-order valence-electron chi connectivity index (χ1n) is 12.0. The summed E-state index contributed by atoms with van der Waals surface area (Å²) in [6, 6.07) is 3.98. The first-order chi connectivity index (χ1) is 17.0. The van der Waals surface area contributed by atoms with Crippen LogP contribution in [0.1, 0.15) is 37.5 Å². The highest BCUT2D eigenvalue weighted by Gasteiger charge is 2.26. The summed E-state index contributed by atoms with van der Waals surface area (Å²) < 4.78 is 7.03. The highest BCUT2D eigenvalue weighted by molar-refractivity contribution is 6.04. The fourth-order valence-corrected chi connectivity index (χ4v) is 4.55. The molecule has 1 aliphatic heterocycles. The van der Waals surface area contributed by atoms with E-state index in [9.17, 15) is 20.3 Å². The summed E-state index contributed by atoms with van der Waals surface area (Å²) in [5, 5.41) is 32.4. The number of nitrogens with zero attached hydrogens (tertiary/aromatic N) is 5. The molecular formula is C25H32N6O4. The Kier molecular flexibility index (Phi) is 8.25. The van der Waals surface area contributed by atoms with E-state index in [1.165, 1.54) is 0 Å². The predicted octanol–water partition coefficient (Wildman–Crippen LogP) is 2.13. The second-order valence-corrected chi connectivity index (χ2v) is 9.05. The van der Waals surface area contributed by atoms with Crippen molar-refractivity contribution in [3.05, 3.63) is 41.6 Å². The van der Waals surface area contributed by atoms with Gasteiger partial charge in [0.2, 0.25) is 5.95 Å². The van der Waals surface area contributed by atoms with E-state index in [-0.39, 0.29) is 24.3 Å². The zero-order valence-corrected chi connectivity index (χ0v) is 19.9. The molecule has 0 radical (unpaired) electrons. The topological polar surface area (TPSA) is 137 Å². The number of piperidine rings is 1. The number of amides is 1. The number of carbonyl (C=O) groups excluding carboxylic acids is 1. The Hall–Kier alpha value is -3.10. The standard InChI is InChI=1S/C25H32N6O4/c1-35-11-3-8-31-22-21(28-25(31)29-23(33)19-5-2-4-18(12-19)14-26)13-20(15-27-22)24(34)30-9-6-17(16-32)7-10-30/h2,4-5,13,15,17-18,24,32,34H,3,6-12,16H2,1H3,(H,28,29,33). The molecule has 3 heterocycles. The number of pyridine rings is 1. The third-order valence-corrected chi connectivity index (χ3v) is 6.65. The van der Waals surface area contributed by atoms with Crippen molar-refractivity contribution in [2.24, 2.45) is 11.8 Å². The Balaban J connectivity index is 1.57. The number of anilines is 1. The van der Waals surface area contributed by atoms with Crippen molar-refractivity contribution in [3.8, 4) is 6.07 Å². The molecule has 3 N–H and O–H groups in total. The Bertz CT molecular complexity index is 1140. The molecule has 10 nitrogen and oxygen atoms in total. The number of carbonyl (C=O) groups is 1.